The van der Waals surface area contributed by atoms with E-state index in [1.807, 2.05) is 65.6 Å². The van der Waals surface area contributed by atoms with Gasteiger partial charge in [0.2, 0.25) is 0 Å². The van der Waals surface area contributed by atoms with E-state index in [0.29, 0.717) is 49.7 Å². The molecule has 9 heteroatoms. The summed E-state index contributed by atoms with van der Waals surface area (Å²) in [4.78, 5) is 11.9. The SMILES string of the molecule is CCOC(Cc1ccc(OCCn2c(C)ccc2C2=CC=C(S(C#N)(C#N)C#N)CC2)cc1)C(=O)O. The maximum Gasteiger partial charge on any atom is 0.333 e. The third kappa shape index (κ3) is 5.98. The highest BCUT2D eigenvalue weighted by Gasteiger charge is 2.30. The molecule has 0 amide bonds. The lowest BCUT2D eigenvalue weighted by atomic mass is 10.0. The molecule has 2 aromatic rings. The number of thiocyanates is 3. The molecule has 0 radical (unpaired) electrons. The molecule has 3 rings (SSSR count). The fourth-order valence-corrected chi connectivity index (χ4v) is 5.23. The van der Waals surface area contributed by atoms with Gasteiger partial charge < -0.3 is 19.1 Å². The summed E-state index contributed by atoms with van der Waals surface area (Å²) < 4.78 is 13.4. The van der Waals surface area contributed by atoms with Crippen LogP contribution in [0.3, 0.4) is 0 Å². The van der Waals surface area contributed by atoms with Gasteiger partial charge in [0.15, 0.2) is 6.10 Å². The molecule has 0 saturated carbocycles. The molecule has 8 nitrogen and oxygen atoms in total. The highest BCUT2D eigenvalue weighted by Crippen LogP contribution is 2.55. The third-order valence-electron chi connectivity index (χ3n) is 6.01. The van der Waals surface area contributed by atoms with Gasteiger partial charge >= 0.3 is 5.97 Å². The number of nitriles is 3. The highest BCUT2D eigenvalue weighted by molar-refractivity contribution is 8.47. The molecule has 1 aliphatic rings. The van der Waals surface area contributed by atoms with E-state index < -0.39 is 22.1 Å². The van der Waals surface area contributed by atoms with Gasteiger partial charge in [-0.25, -0.2) is 4.79 Å². The lowest BCUT2D eigenvalue weighted by molar-refractivity contribution is -0.149. The minimum atomic E-state index is -2.71. The fraction of sp³-hybridized carbons (Fsp3) is 0.333. The average molecular weight is 505 g/mol. The van der Waals surface area contributed by atoms with Crippen LogP contribution in [0.25, 0.3) is 5.57 Å². The Morgan fingerprint density at radius 3 is 2.33 bits per heavy atom. The molecule has 1 aliphatic carbocycles. The maximum atomic E-state index is 11.3. The summed E-state index contributed by atoms with van der Waals surface area (Å²) in [6.45, 7) is 5.20. The summed E-state index contributed by atoms with van der Waals surface area (Å²) >= 11 is 0. The van der Waals surface area contributed by atoms with Gasteiger partial charge in [-0.1, -0.05) is 24.3 Å². The number of allylic oxidation sites excluding steroid dienone is 4. The number of nitrogens with zero attached hydrogens (tertiary/aromatic N) is 4. The first-order valence-electron chi connectivity index (χ1n) is 11.6. The predicted molar refractivity (Wildman–Crippen MR) is 138 cm³/mol. The van der Waals surface area contributed by atoms with Crippen molar-refractivity contribution in [1.82, 2.24) is 4.57 Å². The van der Waals surface area contributed by atoms with Crippen molar-refractivity contribution in [1.29, 1.82) is 15.8 Å². The van der Waals surface area contributed by atoms with E-state index >= 15 is 0 Å². The second kappa shape index (κ2) is 12.1. The van der Waals surface area contributed by atoms with E-state index in [-0.39, 0.29) is 0 Å². The number of aryl methyl sites for hydroxylation is 1. The molecule has 1 atom stereocenters. The van der Waals surface area contributed by atoms with Gasteiger partial charge in [-0.3, -0.25) is 0 Å². The lowest BCUT2D eigenvalue weighted by Crippen LogP contribution is -2.26. The van der Waals surface area contributed by atoms with Crippen LogP contribution in [-0.2, 0) is 22.5 Å². The molecular weight excluding hydrogens is 476 g/mol. The van der Waals surface area contributed by atoms with E-state index in [2.05, 4.69) is 4.57 Å². The Morgan fingerprint density at radius 1 is 1.08 bits per heavy atom. The van der Waals surface area contributed by atoms with Gasteiger partial charge in [0.05, 0.1) is 16.6 Å². The number of hydrogen-bond donors (Lipinski definition) is 1. The van der Waals surface area contributed by atoms with Crippen LogP contribution in [0.15, 0.2) is 53.5 Å². The van der Waals surface area contributed by atoms with Crippen molar-refractivity contribution >= 4 is 21.6 Å². The first-order valence-corrected chi connectivity index (χ1v) is 13.2. The van der Waals surface area contributed by atoms with E-state index in [1.165, 1.54) is 0 Å². The average Bonchev–Trinajstić information content (AvgIpc) is 3.26. The Morgan fingerprint density at radius 2 is 1.78 bits per heavy atom. The van der Waals surface area contributed by atoms with E-state index in [1.54, 1.807) is 13.0 Å². The first kappa shape index (κ1) is 26.6. The molecule has 0 fully saturated rings. The number of carboxylic acid groups (broad SMARTS) is 1. The molecule has 0 spiro atoms. The number of carboxylic acids is 1. The Labute approximate surface area is 212 Å². The minimum absolute atomic E-state index is 0.292. The number of hydrogen-bond acceptors (Lipinski definition) is 6. The van der Waals surface area contributed by atoms with E-state index in [4.69, 9.17) is 9.47 Å². The number of rotatable bonds is 11. The molecule has 1 heterocycles. The molecule has 0 saturated heterocycles. The molecule has 0 aliphatic heterocycles. The smallest absolute Gasteiger partial charge is 0.333 e. The molecule has 186 valence electrons. The van der Waals surface area contributed by atoms with Crippen LogP contribution in [0.1, 0.15) is 36.7 Å². The minimum Gasteiger partial charge on any atom is -0.492 e. The van der Waals surface area contributed by atoms with Gasteiger partial charge in [0.1, 0.15) is 28.6 Å². The van der Waals surface area contributed by atoms with E-state index in [9.17, 15) is 25.7 Å². The lowest BCUT2D eigenvalue weighted by Gasteiger charge is -2.23. The van der Waals surface area contributed by atoms with E-state index in [0.717, 1.165) is 22.5 Å². The van der Waals surface area contributed by atoms with Crippen molar-refractivity contribution in [3.8, 4) is 22.0 Å². The molecule has 1 aromatic carbocycles. The van der Waals surface area contributed by atoms with Crippen LogP contribution in [-0.4, -0.2) is 35.0 Å². The number of carbonyl (C=O) groups is 1. The standard InChI is InChI=1S/C27H28N4O4S/c1-3-34-26(27(32)33)16-21-5-9-23(10-6-21)35-15-14-31-20(2)4-13-25(31)22-7-11-24(12-8-22)36(17-28,18-29)19-30/h4-7,9-11,13,26H,3,8,12,14-16H2,1-2H3,(H,32,33). The van der Waals surface area contributed by atoms with Crippen LogP contribution < -0.4 is 4.74 Å². The van der Waals surface area contributed by atoms with Crippen molar-refractivity contribution in [2.45, 2.75) is 45.8 Å². The number of ether oxygens (including phenoxy) is 2. The number of aliphatic carboxylic acids is 1. The molecule has 36 heavy (non-hydrogen) atoms. The van der Waals surface area contributed by atoms with Crippen molar-refractivity contribution in [2.75, 3.05) is 13.2 Å². The Kier molecular flexibility index (Phi) is 8.97. The van der Waals surface area contributed by atoms with Crippen molar-refractivity contribution in [2.24, 2.45) is 0 Å². The Hall–Kier alpha value is -3.97. The second-order valence-electron chi connectivity index (χ2n) is 8.20. The summed E-state index contributed by atoms with van der Waals surface area (Å²) in [5.41, 5.74) is 4.07. The third-order valence-corrected chi connectivity index (χ3v) is 7.96. The Balaban J connectivity index is 1.65. The molecule has 1 N–H and O–H groups in total. The first-order chi connectivity index (χ1) is 17.4. The monoisotopic (exact) mass is 504 g/mol. The van der Waals surface area contributed by atoms with Gasteiger partial charge in [0, 0.05) is 29.3 Å². The summed E-state index contributed by atoms with van der Waals surface area (Å²) in [6.07, 6.45) is 4.25. The quantitative estimate of drug-likeness (QED) is 0.415. The zero-order valence-electron chi connectivity index (χ0n) is 20.3. The predicted octanol–water partition coefficient (Wildman–Crippen LogP) is 5.22. The van der Waals surface area contributed by atoms with Crippen LogP contribution in [0.4, 0.5) is 0 Å². The molecule has 1 aromatic heterocycles. The van der Waals surface area contributed by atoms with Gasteiger partial charge in [-0.15, -0.1) is 0 Å². The van der Waals surface area contributed by atoms with Crippen LogP contribution in [0.2, 0.25) is 0 Å². The summed E-state index contributed by atoms with van der Waals surface area (Å²) in [7, 11) is -2.71. The normalized spacial score (nSPS) is 14.4. The van der Waals surface area contributed by atoms with Crippen molar-refractivity contribution in [3.05, 3.63) is 70.4 Å². The molecule has 1 unspecified atom stereocenters. The van der Waals surface area contributed by atoms with Crippen LogP contribution in [0.5, 0.6) is 5.75 Å². The topological polar surface area (TPSA) is 132 Å². The molecular formula is C27H28N4O4S. The number of aromatic nitrogens is 1. The van der Waals surface area contributed by atoms with Gasteiger partial charge in [0.25, 0.3) is 0 Å². The number of benzene rings is 1. The van der Waals surface area contributed by atoms with Gasteiger partial charge in [-0.05, 0) is 62.1 Å². The summed E-state index contributed by atoms with van der Waals surface area (Å²) in [6, 6.07) is 11.4. The largest absolute Gasteiger partial charge is 0.492 e. The zero-order chi connectivity index (χ0) is 26.1. The fourth-order valence-electron chi connectivity index (χ4n) is 4.08. The van der Waals surface area contributed by atoms with Crippen LogP contribution in [0, 0.1) is 38.9 Å². The van der Waals surface area contributed by atoms with Crippen molar-refractivity contribution < 1.29 is 19.4 Å². The zero-order valence-corrected chi connectivity index (χ0v) is 21.1. The van der Waals surface area contributed by atoms with Gasteiger partial charge in [-0.2, -0.15) is 15.8 Å². The highest BCUT2D eigenvalue weighted by atomic mass is 32.3. The maximum absolute atomic E-state index is 11.3. The Bertz CT molecular complexity index is 1250. The summed E-state index contributed by atoms with van der Waals surface area (Å²) in [5, 5.41) is 43.2. The van der Waals surface area contributed by atoms with Crippen LogP contribution >= 0.6 is 10.0 Å². The summed E-state index contributed by atoms with van der Waals surface area (Å²) in [5.74, 6) is -0.280. The second-order valence-corrected chi connectivity index (χ2v) is 10.5. The molecule has 0 bridgehead atoms. The van der Waals surface area contributed by atoms with Crippen molar-refractivity contribution in [3.63, 3.8) is 0 Å².